The zero-order chi connectivity index (χ0) is 22.9. The van der Waals surface area contributed by atoms with E-state index in [1.54, 1.807) is 11.9 Å². The van der Waals surface area contributed by atoms with Crippen molar-refractivity contribution in [2.45, 2.75) is 32.6 Å². The Balaban J connectivity index is 1.46. The van der Waals surface area contributed by atoms with Crippen LogP contribution in [0.1, 0.15) is 41.6 Å². The van der Waals surface area contributed by atoms with E-state index in [1.807, 2.05) is 60.4 Å². The third-order valence-electron chi connectivity index (χ3n) is 5.95. The Morgan fingerprint density at radius 1 is 0.969 bits per heavy atom. The summed E-state index contributed by atoms with van der Waals surface area (Å²) in [5.41, 5.74) is 2.49. The number of carbonyl (C=O) groups is 2. The molecule has 1 heterocycles. The third-order valence-corrected chi connectivity index (χ3v) is 5.95. The van der Waals surface area contributed by atoms with Crippen molar-refractivity contribution in [3.8, 4) is 5.75 Å². The second kappa shape index (κ2) is 11.7. The largest absolute Gasteiger partial charge is 0.491 e. The molecule has 0 aliphatic carbocycles. The Morgan fingerprint density at radius 2 is 1.69 bits per heavy atom. The van der Waals surface area contributed by atoms with Crippen molar-refractivity contribution in [3.05, 3.63) is 59.7 Å². The first-order chi connectivity index (χ1) is 15.5. The van der Waals surface area contributed by atoms with E-state index in [4.69, 9.17) is 4.74 Å². The van der Waals surface area contributed by atoms with E-state index in [0.717, 1.165) is 56.7 Å². The molecular formula is C26H35N3O3. The van der Waals surface area contributed by atoms with Crippen LogP contribution in [0.15, 0.2) is 48.5 Å². The standard InChI is InChI=1S/C26H35N3O3/c1-21-13-14-23(28(3)26(31)22-10-6-4-7-11-22)24(20-21)32-19-9-5-8-12-25(30)29-17-15-27(2)16-18-29/h4,6-7,10-11,13-14,20H,5,8-9,12,15-19H2,1-3H3. The fourth-order valence-electron chi connectivity index (χ4n) is 3.85. The second-order valence-corrected chi connectivity index (χ2v) is 8.54. The van der Waals surface area contributed by atoms with Crippen LogP contribution < -0.4 is 9.64 Å². The van der Waals surface area contributed by atoms with E-state index in [-0.39, 0.29) is 11.8 Å². The van der Waals surface area contributed by atoms with Crippen LogP contribution in [0, 0.1) is 6.92 Å². The van der Waals surface area contributed by atoms with Gasteiger partial charge in [-0.15, -0.1) is 0 Å². The van der Waals surface area contributed by atoms with E-state index in [0.29, 0.717) is 24.3 Å². The molecule has 1 saturated heterocycles. The Bertz CT molecular complexity index is 892. The van der Waals surface area contributed by atoms with E-state index >= 15 is 0 Å². The summed E-state index contributed by atoms with van der Waals surface area (Å²) >= 11 is 0. The molecule has 3 rings (SSSR count). The number of amides is 2. The summed E-state index contributed by atoms with van der Waals surface area (Å²) < 4.78 is 6.07. The van der Waals surface area contributed by atoms with Gasteiger partial charge in [0.25, 0.3) is 5.91 Å². The van der Waals surface area contributed by atoms with Crippen molar-refractivity contribution < 1.29 is 14.3 Å². The highest BCUT2D eigenvalue weighted by atomic mass is 16.5. The summed E-state index contributed by atoms with van der Waals surface area (Å²) in [5.74, 6) is 0.910. The number of anilines is 1. The minimum absolute atomic E-state index is 0.0679. The molecule has 0 aromatic heterocycles. The zero-order valence-electron chi connectivity index (χ0n) is 19.5. The molecule has 2 aromatic rings. The minimum atomic E-state index is -0.0679. The summed E-state index contributed by atoms with van der Waals surface area (Å²) in [6.45, 7) is 6.17. The van der Waals surface area contributed by atoms with Gasteiger partial charge in [0.15, 0.2) is 0 Å². The quantitative estimate of drug-likeness (QED) is 0.557. The van der Waals surface area contributed by atoms with Gasteiger partial charge in [-0.2, -0.15) is 0 Å². The Morgan fingerprint density at radius 3 is 2.41 bits per heavy atom. The van der Waals surface area contributed by atoms with Crippen LogP contribution in [0.4, 0.5) is 5.69 Å². The molecule has 6 nitrogen and oxygen atoms in total. The molecule has 2 amide bonds. The maximum Gasteiger partial charge on any atom is 0.258 e. The molecule has 32 heavy (non-hydrogen) atoms. The van der Waals surface area contributed by atoms with Crippen LogP contribution in [0.3, 0.4) is 0 Å². The van der Waals surface area contributed by atoms with E-state index in [1.165, 1.54) is 0 Å². The molecule has 0 bridgehead atoms. The van der Waals surface area contributed by atoms with Gasteiger partial charge in [-0.1, -0.05) is 24.3 Å². The van der Waals surface area contributed by atoms with Crippen LogP contribution in [-0.4, -0.2) is 68.5 Å². The normalized spacial score (nSPS) is 14.3. The highest BCUT2D eigenvalue weighted by molar-refractivity contribution is 6.06. The highest BCUT2D eigenvalue weighted by Gasteiger charge is 2.19. The fraction of sp³-hybridized carbons (Fsp3) is 0.462. The first-order valence-corrected chi connectivity index (χ1v) is 11.5. The lowest BCUT2D eigenvalue weighted by molar-refractivity contribution is -0.132. The summed E-state index contributed by atoms with van der Waals surface area (Å²) in [5, 5.41) is 0. The van der Waals surface area contributed by atoms with E-state index in [9.17, 15) is 9.59 Å². The summed E-state index contributed by atoms with van der Waals surface area (Å²) in [6.07, 6.45) is 3.30. The Kier molecular flexibility index (Phi) is 8.68. The molecule has 0 atom stereocenters. The first-order valence-electron chi connectivity index (χ1n) is 11.5. The number of hydrogen-bond acceptors (Lipinski definition) is 4. The van der Waals surface area contributed by atoms with Gasteiger partial charge in [0.1, 0.15) is 5.75 Å². The summed E-state index contributed by atoms with van der Waals surface area (Å²) in [6, 6.07) is 15.1. The lowest BCUT2D eigenvalue weighted by atomic mass is 10.1. The van der Waals surface area contributed by atoms with Gasteiger partial charge in [-0.05, 0) is 63.1 Å². The number of aryl methyl sites for hydroxylation is 1. The molecule has 1 aliphatic heterocycles. The van der Waals surface area contributed by atoms with Crippen molar-refractivity contribution in [2.75, 3.05) is 51.8 Å². The average molecular weight is 438 g/mol. The number of ether oxygens (including phenoxy) is 1. The van der Waals surface area contributed by atoms with Gasteiger partial charge in [0.2, 0.25) is 5.91 Å². The smallest absolute Gasteiger partial charge is 0.258 e. The molecule has 1 aliphatic rings. The minimum Gasteiger partial charge on any atom is -0.491 e. The molecule has 0 spiro atoms. The Labute approximate surface area is 191 Å². The van der Waals surface area contributed by atoms with Crippen LogP contribution in [0.25, 0.3) is 0 Å². The van der Waals surface area contributed by atoms with Crippen LogP contribution in [0.2, 0.25) is 0 Å². The summed E-state index contributed by atoms with van der Waals surface area (Å²) in [4.78, 5) is 31.1. The van der Waals surface area contributed by atoms with Gasteiger partial charge < -0.3 is 19.4 Å². The van der Waals surface area contributed by atoms with Crippen LogP contribution in [-0.2, 0) is 4.79 Å². The fourth-order valence-corrected chi connectivity index (χ4v) is 3.85. The van der Waals surface area contributed by atoms with E-state index in [2.05, 4.69) is 11.9 Å². The van der Waals surface area contributed by atoms with Gasteiger partial charge >= 0.3 is 0 Å². The molecule has 0 saturated carbocycles. The van der Waals surface area contributed by atoms with Gasteiger partial charge in [0.05, 0.1) is 12.3 Å². The number of piperazine rings is 1. The molecule has 2 aromatic carbocycles. The van der Waals surface area contributed by atoms with Crippen molar-refractivity contribution in [1.82, 2.24) is 9.80 Å². The molecule has 0 radical (unpaired) electrons. The lowest BCUT2D eigenvalue weighted by Crippen LogP contribution is -2.47. The molecular weight excluding hydrogens is 402 g/mol. The van der Waals surface area contributed by atoms with Crippen LogP contribution >= 0.6 is 0 Å². The maximum atomic E-state index is 12.8. The SMILES string of the molecule is Cc1ccc(N(C)C(=O)c2ccccc2)c(OCCCCCC(=O)N2CCN(C)CC2)c1. The second-order valence-electron chi connectivity index (χ2n) is 8.54. The third kappa shape index (κ3) is 6.57. The van der Waals surface area contributed by atoms with Crippen molar-refractivity contribution in [3.63, 3.8) is 0 Å². The molecule has 0 unspecified atom stereocenters. The predicted molar refractivity (Wildman–Crippen MR) is 128 cm³/mol. The van der Waals surface area contributed by atoms with Crippen LogP contribution in [0.5, 0.6) is 5.75 Å². The molecule has 1 fully saturated rings. The molecule has 0 N–H and O–H groups in total. The monoisotopic (exact) mass is 437 g/mol. The van der Waals surface area contributed by atoms with Crippen molar-refractivity contribution in [1.29, 1.82) is 0 Å². The topological polar surface area (TPSA) is 53.1 Å². The molecule has 172 valence electrons. The van der Waals surface area contributed by atoms with Crippen molar-refractivity contribution in [2.24, 2.45) is 0 Å². The summed E-state index contributed by atoms with van der Waals surface area (Å²) in [7, 11) is 3.87. The van der Waals surface area contributed by atoms with Crippen molar-refractivity contribution >= 4 is 17.5 Å². The number of carbonyl (C=O) groups excluding carboxylic acids is 2. The molecule has 6 heteroatoms. The highest BCUT2D eigenvalue weighted by Crippen LogP contribution is 2.30. The number of likely N-dealkylation sites (N-methyl/N-ethyl adjacent to an activating group) is 1. The zero-order valence-corrected chi connectivity index (χ0v) is 19.5. The number of benzene rings is 2. The lowest BCUT2D eigenvalue weighted by Gasteiger charge is -2.32. The Hall–Kier alpha value is -2.86. The van der Waals surface area contributed by atoms with Gasteiger partial charge in [-0.3, -0.25) is 9.59 Å². The van der Waals surface area contributed by atoms with Gasteiger partial charge in [0, 0.05) is 45.2 Å². The number of nitrogens with zero attached hydrogens (tertiary/aromatic N) is 3. The first kappa shape index (κ1) is 23.8. The number of rotatable bonds is 9. The van der Waals surface area contributed by atoms with E-state index < -0.39 is 0 Å². The van der Waals surface area contributed by atoms with Gasteiger partial charge in [-0.25, -0.2) is 0 Å². The number of unbranched alkanes of at least 4 members (excludes halogenated alkanes) is 2. The number of hydrogen-bond donors (Lipinski definition) is 0. The average Bonchev–Trinajstić information content (AvgIpc) is 2.81. The predicted octanol–water partition coefficient (Wildman–Crippen LogP) is 3.98. The maximum absolute atomic E-state index is 12.8.